The van der Waals surface area contributed by atoms with Crippen LogP contribution in [-0.2, 0) is 24.4 Å². The predicted molar refractivity (Wildman–Crippen MR) is 129 cm³/mol. The summed E-state index contributed by atoms with van der Waals surface area (Å²) in [7, 11) is 5.57. The van der Waals surface area contributed by atoms with Crippen molar-refractivity contribution < 1.29 is 4.74 Å². The maximum atomic E-state index is 5.36. The number of hydrogen-bond acceptors (Lipinski definition) is 5. The zero-order valence-corrected chi connectivity index (χ0v) is 20.4. The first-order valence-electron chi connectivity index (χ1n) is 11.2. The molecule has 2 atom stereocenters. The summed E-state index contributed by atoms with van der Waals surface area (Å²) in [5.74, 6) is 0.862. The maximum Gasteiger partial charge on any atom is 0.194 e. The highest BCUT2D eigenvalue weighted by molar-refractivity contribution is 7.09. The fraction of sp³-hybridized carbons (Fsp3) is 0.583. The standard InChI is InChI=1S/C24H37N5OS/c1-18-8-6-7-13-29(18)15-21-11-9-20(10-12-21)14-26-24(25-3)28(4)16-22-17-31-23(27-22)19(2)30-5/h9-12,17-19H,6-8,13-16H2,1-5H3,(H,25,26). The van der Waals surface area contributed by atoms with Gasteiger partial charge in [0, 0.05) is 45.7 Å². The van der Waals surface area contributed by atoms with Crippen molar-refractivity contribution in [2.45, 2.75) is 64.9 Å². The third kappa shape index (κ3) is 6.76. The number of aliphatic imine (C=N–C) groups is 1. The Morgan fingerprint density at radius 1 is 1.32 bits per heavy atom. The molecule has 2 unspecified atom stereocenters. The van der Waals surface area contributed by atoms with Crippen LogP contribution in [0.25, 0.3) is 0 Å². The van der Waals surface area contributed by atoms with Crippen molar-refractivity contribution in [1.82, 2.24) is 20.1 Å². The minimum Gasteiger partial charge on any atom is -0.375 e. The lowest BCUT2D eigenvalue weighted by atomic mass is 10.0. The number of nitrogens with zero attached hydrogens (tertiary/aromatic N) is 4. The van der Waals surface area contributed by atoms with Crippen LogP contribution >= 0.6 is 11.3 Å². The summed E-state index contributed by atoms with van der Waals surface area (Å²) in [5, 5.41) is 6.57. The number of thiazole rings is 1. The molecule has 1 N–H and O–H groups in total. The Labute approximate surface area is 191 Å². The van der Waals surface area contributed by atoms with E-state index in [1.54, 1.807) is 18.4 Å². The molecule has 0 spiro atoms. The highest BCUT2D eigenvalue weighted by atomic mass is 32.1. The molecule has 170 valence electrons. The molecule has 1 aliphatic heterocycles. The summed E-state index contributed by atoms with van der Waals surface area (Å²) in [4.78, 5) is 13.8. The number of hydrogen-bond donors (Lipinski definition) is 1. The van der Waals surface area contributed by atoms with Gasteiger partial charge in [-0.3, -0.25) is 9.89 Å². The van der Waals surface area contributed by atoms with Crippen molar-refractivity contribution in [3.63, 3.8) is 0 Å². The Kier molecular flexibility index (Phi) is 8.87. The Hall–Kier alpha value is -1.96. The third-order valence-electron chi connectivity index (χ3n) is 6.04. The highest BCUT2D eigenvalue weighted by Gasteiger charge is 2.18. The first-order valence-corrected chi connectivity index (χ1v) is 12.1. The van der Waals surface area contributed by atoms with Gasteiger partial charge in [-0.15, -0.1) is 11.3 Å². The number of guanidine groups is 1. The number of likely N-dealkylation sites (tertiary alicyclic amines) is 1. The zero-order valence-electron chi connectivity index (χ0n) is 19.6. The van der Waals surface area contributed by atoms with Crippen molar-refractivity contribution in [1.29, 1.82) is 0 Å². The van der Waals surface area contributed by atoms with Gasteiger partial charge in [0.2, 0.25) is 0 Å². The molecular weight excluding hydrogens is 406 g/mol. The molecule has 0 saturated carbocycles. The number of nitrogens with one attached hydrogen (secondary N) is 1. The summed E-state index contributed by atoms with van der Waals surface area (Å²) in [6.07, 6.45) is 4.05. The topological polar surface area (TPSA) is 53.0 Å². The highest BCUT2D eigenvalue weighted by Crippen LogP contribution is 2.21. The van der Waals surface area contributed by atoms with Gasteiger partial charge in [-0.1, -0.05) is 30.7 Å². The van der Waals surface area contributed by atoms with Crippen LogP contribution in [0.2, 0.25) is 0 Å². The quantitative estimate of drug-likeness (QED) is 0.483. The van der Waals surface area contributed by atoms with Crippen molar-refractivity contribution >= 4 is 17.3 Å². The second kappa shape index (κ2) is 11.6. The van der Waals surface area contributed by atoms with Crippen LogP contribution in [0.5, 0.6) is 0 Å². The monoisotopic (exact) mass is 443 g/mol. The Bertz CT molecular complexity index is 835. The first kappa shape index (κ1) is 23.7. The first-order chi connectivity index (χ1) is 15.0. The molecule has 0 aliphatic carbocycles. The Balaban J connectivity index is 1.50. The second-order valence-electron chi connectivity index (χ2n) is 8.44. The van der Waals surface area contributed by atoms with Gasteiger partial charge >= 0.3 is 0 Å². The van der Waals surface area contributed by atoms with Gasteiger partial charge in [0.1, 0.15) is 11.1 Å². The predicted octanol–water partition coefficient (Wildman–Crippen LogP) is 4.43. The molecule has 2 heterocycles. The molecule has 1 saturated heterocycles. The molecular formula is C24H37N5OS. The van der Waals surface area contributed by atoms with Crippen molar-refractivity contribution in [3.05, 3.63) is 51.5 Å². The minimum absolute atomic E-state index is 0.0302. The molecule has 31 heavy (non-hydrogen) atoms. The van der Waals surface area contributed by atoms with E-state index in [0.717, 1.165) is 29.8 Å². The SMILES string of the molecule is CN=C(NCc1ccc(CN2CCCCC2C)cc1)N(C)Cc1csc(C(C)OC)n1. The van der Waals surface area contributed by atoms with Gasteiger partial charge < -0.3 is 15.0 Å². The minimum atomic E-state index is 0.0302. The number of piperidine rings is 1. The van der Waals surface area contributed by atoms with Crippen molar-refractivity contribution in [2.24, 2.45) is 4.99 Å². The number of rotatable bonds is 8. The molecule has 1 fully saturated rings. The fourth-order valence-corrected chi connectivity index (χ4v) is 4.80. The number of aromatic nitrogens is 1. The average Bonchev–Trinajstić information content (AvgIpc) is 3.24. The maximum absolute atomic E-state index is 5.36. The fourth-order valence-electron chi connectivity index (χ4n) is 3.96. The van der Waals surface area contributed by atoms with Crippen LogP contribution in [-0.4, -0.2) is 54.5 Å². The molecule has 0 radical (unpaired) electrons. The lowest BCUT2D eigenvalue weighted by Crippen LogP contribution is -2.38. The number of methoxy groups -OCH3 is 1. The van der Waals surface area contributed by atoms with Gasteiger partial charge in [-0.05, 0) is 44.4 Å². The largest absolute Gasteiger partial charge is 0.375 e. The average molecular weight is 444 g/mol. The summed E-state index contributed by atoms with van der Waals surface area (Å²) in [5.41, 5.74) is 3.68. The van der Waals surface area contributed by atoms with Gasteiger partial charge in [0.15, 0.2) is 5.96 Å². The summed E-state index contributed by atoms with van der Waals surface area (Å²) >= 11 is 1.64. The van der Waals surface area contributed by atoms with Gasteiger partial charge in [-0.2, -0.15) is 0 Å². The van der Waals surface area contributed by atoms with E-state index in [-0.39, 0.29) is 6.10 Å². The number of ether oxygens (including phenoxy) is 1. The lowest BCUT2D eigenvalue weighted by Gasteiger charge is -2.33. The van der Waals surface area contributed by atoms with Crippen LogP contribution in [0.15, 0.2) is 34.6 Å². The summed E-state index contributed by atoms with van der Waals surface area (Å²) in [6.45, 7) is 8.10. The normalized spacial score (nSPS) is 18.7. The molecule has 3 rings (SSSR count). The van der Waals surface area contributed by atoms with Crippen LogP contribution < -0.4 is 5.32 Å². The van der Waals surface area contributed by atoms with Crippen LogP contribution in [0.3, 0.4) is 0 Å². The van der Waals surface area contributed by atoms with Gasteiger partial charge in [-0.25, -0.2) is 4.98 Å². The second-order valence-corrected chi connectivity index (χ2v) is 9.33. The van der Waals surface area contributed by atoms with E-state index in [1.807, 2.05) is 21.0 Å². The van der Waals surface area contributed by atoms with E-state index in [1.165, 1.54) is 36.9 Å². The van der Waals surface area contributed by atoms with E-state index in [2.05, 4.69) is 61.7 Å². The Morgan fingerprint density at radius 2 is 2.06 bits per heavy atom. The van der Waals surface area contributed by atoms with E-state index < -0.39 is 0 Å². The molecule has 1 aliphatic rings. The van der Waals surface area contributed by atoms with Crippen molar-refractivity contribution in [2.75, 3.05) is 27.7 Å². The van der Waals surface area contributed by atoms with Crippen molar-refractivity contribution in [3.8, 4) is 0 Å². The van der Waals surface area contributed by atoms with Gasteiger partial charge in [0.25, 0.3) is 0 Å². The number of benzene rings is 1. The lowest BCUT2D eigenvalue weighted by molar-refractivity contribution is 0.119. The molecule has 2 aromatic rings. The van der Waals surface area contributed by atoms with Crippen LogP contribution in [0, 0.1) is 0 Å². The third-order valence-corrected chi connectivity index (χ3v) is 7.10. The van der Waals surface area contributed by atoms with E-state index in [9.17, 15) is 0 Å². The van der Waals surface area contributed by atoms with E-state index >= 15 is 0 Å². The van der Waals surface area contributed by atoms with Gasteiger partial charge in [0.05, 0.1) is 12.2 Å². The molecule has 0 amide bonds. The van der Waals surface area contributed by atoms with Crippen LogP contribution in [0.1, 0.15) is 61.0 Å². The molecule has 7 heteroatoms. The van der Waals surface area contributed by atoms with E-state index in [4.69, 9.17) is 4.74 Å². The molecule has 1 aromatic carbocycles. The molecule has 1 aromatic heterocycles. The van der Waals surface area contributed by atoms with Crippen LogP contribution in [0.4, 0.5) is 0 Å². The Morgan fingerprint density at radius 3 is 2.74 bits per heavy atom. The zero-order chi connectivity index (χ0) is 22.2. The molecule has 6 nitrogen and oxygen atoms in total. The smallest absolute Gasteiger partial charge is 0.194 e. The molecule has 0 bridgehead atoms. The summed E-state index contributed by atoms with van der Waals surface area (Å²) < 4.78 is 5.36. The van der Waals surface area contributed by atoms with E-state index in [0.29, 0.717) is 12.6 Å². The summed E-state index contributed by atoms with van der Waals surface area (Å²) in [6, 6.07) is 9.67.